The summed E-state index contributed by atoms with van der Waals surface area (Å²) in [6.45, 7) is 2.94. The van der Waals surface area contributed by atoms with E-state index in [9.17, 15) is 5.11 Å². The number of phenolic OH excluding ortho intramolecular Hbond substituents is 1. The maximum Gasteiger partial charge on any atom is 0.127 e. The number of aryl methyl sites for hydroxylation is 1. The van der Waals surface area contributed by atoms with E-state index in [1.165, 1.54) is 0 Å². The van der Waals surface area contributed by atoms with Crippen molar-refractivity contribution in [3.63, 3.8) is 0 Å². The van der Waals surface area contributed by atoms with Gasteiger partial charge in [-0.15, -0.1) is 0 Å². The van der Waals surface area contributed by atoms with Crippen molar-refractivity contribution in [3.05, 3.63) is 66.2 Å². The minimum absolute atomic E-state index is 0.344. The molecule has 0 bridgehead atoms. The van der Waals surface area contributed by atoms with Crippen molar-refractivity contribution in [3.8, 4) is 17.2 Å². The Hall–Kier alpha value is -2.68. The highest BCUT2D eigenvalue weighted by atomic mass is 16.5. The van der Waals surface area contributed by atoms with E-state index < -0.39 is 0 Å². The van der Waals surface area contributed by atoms with Crippen molar-refractivity contribution in [2.24, 2.45) is 0 Å². The summed E-state index contributed by atoms with van der Waals surface area (Å²) in [5.74, 6) is 1.96. The van der Waals surface area contributed by atoms with E-state index in [1.807, 2.05) is 67.6 Å². The molecule has 0 saturated heterocycles. The van der Waals surface area contributed by atoms with Crippen LogP contribution in [0.5, 0.6) is 17.2 Å². The van der Waals surface area contributed by atoms with Gasteiger partial charge in [-0.05, 0) is 30.2 Å². The van der Waals surface area contributed by atoms with Gasteiger partial charge in [-0.25, -0.2) is 0 Å². The highest BCUT2D eigenvalue weighted by Crippen LogP contribution is 2.36. The van der Waals surface area contributed by atoms with Crippen LogP contribution in [0.2, 0.25) is 0 Å². The lowest BCUT2D eigenvalue weighted by Gasteiger charge is -2.14. The Morgan fingerprint density at radius 1 is 0.826 bits per heavy atom. The van der Waals surface area contributed by atoms with Crippen molar-refractivity contribution in [1.82, 2.24) is 0 Å². The summed E-state index contributed by atoms with van der Waals surface area (Å²) >= 11 is 0. The van der Waals surface area contributed by atoms with Crippen molar-refractivity contribution in [2.45, 2.75) is 13.3 Å². The maximum atomic E-state index is 10.3. The topological polar surface area (TPSA) is 38.7 Å². The molecule has 0 radical (unpaired) electrons. The van der Waals surface area contributed by atoms with Gasteiger partial charge in [0.25, 0.3) is 0 Å². The number of benzene rings is 3. The summed E-state index contributed by atoms with van der Waals surface area (Å²) in [6, 6.07) is 19.3. The molecule has 0 heterocycles. The lowest BCUT2D eigenvalue weighted by atomic mass is 10.0. The molecule has 0 aromatic heterocycles. The summed E-state index contributed by atoms with van der Waals surface area (Å²) in [5, 5.41) is 12.1. The molecule has 3 heteroatoms. The summed E-state index contributed by atoms with van der Waals surface area (Å²) in [4.78, 5) is 0. The molecule has 0 unspecified atom stereocenters. The van der Waals surface area contributed by atoms with Gasteiger partial charge in [-0.3, -0.25) is 0 Å². The van der Waals surface area contributed by atoms with Crippen LogP contribution in [0.3, 0.4) is 0 Å². The minimum Gasteiger partial charge on any atom is -0.507 e. The Bertz CT molecular complexity index is 781. The number of para-hydroxylation sites is 1. The van der Waals surface area contributed by atoms with Crippen molar-refractivity contribution < 1.29 is 14.6 Å². The lowest BCUT2D eigenvalue weighted by molar-refractivity contribution is 0.218. The number of ether oxygens (including phenoxy) is 2. The summed E-state index contributed by atoms with van der Waals surface area (Å²) in [5.41, 5.74) is 0.891. The molecule has 0 amide bonds. The summed E-state index contributed by atoms with van der Waals surface area (Å²) < 4.78 is 11.5. The molecule has 23 heavy (non-hydrogen) atoms. The molecule has 0 aliphatic heterocycles. The normalized spacial score (nSPS) is 10.7. The van der Waals surface area contributed by atoms with Gasteiger partial charge >= 0.3 is 0 Å². The van der Waals surface area contributed by atoms with Gasteiger partial charge in [0.1, 0.15) is 30.5 Å². The second-order valence-corrected chi connectivity index (χ2v) is 5.29. The van der Waals surface area contributed by atoms with Crippen LogP contribution in [0, 0.1) is 0 Å². The Kier molecular flexibility index (Phi) is 4.67. The Morgan fingerprint density at radius 3 is 2.22 bits per heavy atom. The fraction of sp³-hybridized carbons (Fsp3) is 0.200. The van der Waals surface area contributed by atoms with Gasteiger partial charge in [0.05, 0.1) is 0 Å². The third kappa shape index (κ3) is 3.39. The molecule has 0 aliphatic rings. The zero-order valence-electron chi connectivity index (χ0n) is 13.2. The highest BCUT2D eigenvalue weighted by Gasteiger charge is 2.11. The van der Waals surface area contributed by atoms with E-state index in [-0.39, 0.29) is 0 Å². The van der Waals surface area contributed by atoms with Crippen LogP contribution in [0.1, 0.15) is 12.5 Å². The number of hydrogen-bond acceptors (Lipinski definition) is 3. The average molecular weight is 308 g/mol. The molecule has 1 N–H and O–H groups in total. The number of hydrogen-bond donors (Lipinski definition) is 1. The number of fused-ring (bicyclic) bond motifs is 1. The Morgan fingerprint density at radius 2 is 1.48 bits per heavy atom. The molecule has 3 rings (SSSR count). The van der Waals surface area contributed by atoms with Crippen LogP contribution in [0.4, 0.5) is 0 Å². The van der Waals surface area contributed by atoms with E-state index in [1.54, 1.807) is 0 Å². The highest BCUT2D eigenvalue weighted by molar-refractivity contribution is 5.94. The number of aromatic hydroxyl groups is 1. The monoisotopic (exact) mass is 308 g/mol. The largest absolute Gasteiger partial charge is 0.507 e. The molecule has 3 nitrogen and oxygen atoms in total. The smallest absolute Gasteiger partial charge is 0.127 e. The molecular weight excluding hydrogens is 288 g/mol. The van der Waals surface area contributed by atoms with Crippen molar-refractivity contribution in [2.75, 3.05) is 13.2 Å². The average Bonchev–Trinajstić information content (AvgIpc) is 2.61. The van der Waals surface area contributed by atoms with Crippen LogP contribution in [0.15, 0.2) is 60.7 Å². The second-order valence-electron chi connectivity index (χ2n) is 5.29. The Labute approximate surface area is 136 Å². The third-order valence-corrected chi connectivity index (χ3v) is 3.79. The summed E-state index contributed by atoms with van der Waals surface area (Å²) in [6.07, 6.45) is 0.757. The van der Waals surface area contributed by atoms with Crippen LogP contribution >= 0.6 is 0 Å². The Balaban J connectivity index is 1.73. The van der Waals surface area contributed by atoms with Crippen molar-refractivity contribution in [1.29, 1.82) is 0 Å². The molecule has 3 aromatic carbocycles. The molecule has 0 atom stereocenters. The van der Waals surface area contributed by atoms with Gasteiger partial charge < -0.3 is 14.6 Å². The van der Waals surface area contributed by atoms with E-state index in [0.717, 1.165) is 34.3 Å². The zero-order chi connectivity index (χ0) is 16.1. The molecule has 3 aromatic rings. The molecule has 118 valence electrons. The first kappa shape index (κ1) is 15.2. The van der Waals surface area contributed by atoms with Gasteiger partial charge in [0.2, 0.25) is 0 Å². The number of phenols is 1. The lowest BCUT2D eigenvalue weighted by Crippen LogP contribution is -2.09. The molecule has 0 fully saturated rings. The third-order valence-electron chi connectivity index (χ3n) is 3.79. The van der Waals surface area contributed by atoms with E-state index in [2.05, 4.69) is 0 Å². The van der Waals surface area contributed by atoms with E-state index in [4.69, 9.17) is 9.47 Å². The second kappa shape index (κ2) is 7.05. The van der Waals surface area contributed by atoms with Crippen LogP contribution in [-0.2, 0) is 6.42 Å². The molecular formula is C20H20O3. The molecule has 0 saturated carbocycles. The van der Waals surface area contributed by atoms with Crippen molar-refractivity contribution >= 4 is 10.8 Å². The SMILES string of the molecule is CCc1cc(OCCOc2ccccc2)c2ccccc2c1O. The molecule has 0 aliphatic carbocycles. The quantitative estimate of drug-likeness (QED) is 0.678. The first-order valence-corrected chi connectivity index (χ1v) is 7.84. The standard InChI is InChI=1S/C20H20O3/c1-2-15-14-19(17-10-6-7-11-18(17)20(15)21)23-13-12-22-16-8-4-3-5-9-16/h3-11,14,21H,2,12-13H2,1H3. The first-order chi connectivity index (χ1) is 11.3. The maximum absolute atomic E-state index is 10.3. The van der Waals surface area contributed by atoms with E-state index >= 15 is 0 Å². The van der Waals surface area contributed by atoms with Gasteiger partial charge in [0, 0.05) is 10.8 Å². The fourth-order valence-electron chi connectivity index (χ4n) is 2.60. The van der Waals surface area contributed by atoms with Gasteiger partial charge in [-0.2, -0.15) is 0 Å². The van der Waals surface area contributed by atoms with Crippen LogP contribution in [0.25, 0.3) is 10.8 Å². The zero-order valence-corrected chi connectivity index (χ0v) is 13.2. The van der Waals surface area contributed by atoms with Crippen LogP contribution in [-0.4, -0.2) is 18.3 Å². The minimum atomic E-state index is 0.344. The molecule has 0 spiro atoms. The van der Waals surface area contributed by atoms with Gasteiger partial charge in [-0.1, -0.05) is 49.4 Å². The predicted octanol–water partition coefficient (Wildman–Crippen LogP) is 4.57. The summed E-state index contributed by atoms with van der Waals surface area (Å²) in [7, 11) is 0. The van der Waals surface area contributed by atoms with Gasteiger partial charge in [0.15, 0.2) is 0 Å². The number of rotatable bonds is 6. The fourth-order valence-corrected chi connectivity index (χ4v) is 2.60. The van der Waals surface area contributed by atoms with E-state index in [0.29, 0.717) is 19.0 Å². The van der Waals surface area contributed by atoms with Crippen LogP contribution < -0.4 is 9.47 Å². The first-order valence-electron chi connectivity index (χ1n) is 7.84. The predicted molar refractivity (Wildman–Crippen MR) is 92.4 cm³/mol.